The van der Waals surface area contributed by atoms with Crippen LogP contribution in [0.15, 0.2) is 12.3 Å². The summed E-state index contributed by atoms with van der Waals surface area (Å²) in [5.74, 6) is -1.88. The van der Waals surface area contributed by atoms with Crippen LogP contribution in [0.5, 0.6) is 0 Å². The lowest BCUT2D eigenvalue weighted by molar-refractivity contribution is -0.384. The highest BCUT2D eigenvalue weighted by Gasteiger charge is 2.30. The predicted molar refractivity (Wildman–Crippen MR) is 81.4 cm³/mol. The number of ether oxygens (including phenoxy) is 1. The third-order valence-corrected chi connectivity index (χ3v) is 3.02. The van der Waals surface area contributed by atoms with Crippen molar-refractivity contribution in [2.24, 2.45) is 0 Å². The molecular weight excluding hydrogens is 306 g/mol. The van der Waals surface area contributed by atoms with Crippen molar-refractivity contribution in [3.8, 4) is 0 Å². The van der Waals surface area contributed by atoms with Crippen molar-refractivity contribution in [1.82, 2.24) is 4.98 Å². The molecule has 9 heteroatoms. The van der Waals surface area contributed by atoms with E-state index in [1.54, 1.807) is 20.8 Å². The maximum Gasteiger partial charge on any atom is 0.345 e. The van der Waals surface area contributed by atoms with E-state index in [9.17, 15) is 19.7 Å². The van der Waals surface area contributed by atoms with Crippen LogP contribution in [0, 0.1) is 10.1 Å². The number of anilines is 1. The minimum absolute atomic E-state index is 0.0885. The number of esters is 1. The second-order valence-corrected chi connectivity index (χ2v) is 5.44. The Kier molecular flexibility index (Phi) is 6.00. The number of carboxylic acids is 1. The summed E-state index contributed by atoms with van der Waals surface area (Å²) in [6.45, 7) is 5.07. The first-order valence-corrected chi connectivity index (χ1v) is 6.98. The van der Waals surface area contributed by atoms with E-state index >= 15 is 0 Å². The first kappa shape index (κ1) is 18.3. The summed E-state index contributed by atoms with van der Waals surface area (Å²) in [4.78, 5) is 37.0. The van der Waals surface area contributed by atoms with Gasteiger partial charge in [-0.3, -0.25) is 14.9 Å². The third-order valence-electron chi connectivity index (χ3n) is 3.02. The Morgan fingerprint density at radius 3 is 2.65 bits per heavy atom. The van der Waals surface area contributed by atoms with Crippen LogP contribution in [0.3, 0.4) is 0 Å². The van der Waals surface area contributed by atoms with Crippen LogP contribution in [0.2, 0.25) is 0 Å². The molecule has 0 amide bonds. The quantitative estimate of drug-likeness (QED) is 0.422. The number of aliphatic carboxylic acids is 1. The first-order chi connectivity index (χ1) is 10.7. The Bertz CT molecular complexity index is 615. The van der Waals surface area contributed by atoms with E-state index in [0.717, 1.165) is 0 Å². The molecule has 9 nitrogen and oxygen atoms in total. The lowest BCUT2D eigenvalue weighted by atomic mass is 9.98. The average Bonchev–Trinajstić information content (AvgIpc) is 2.44. The third kappa shape index (κ3) is 5.20. The molecule has 1 aromatic rings. The van der Waals surface area contributed by atoms with E-state index in [0.29, 0.717) is 0 Å². The standard InChI is InChI=1S/C14H19N3O6/c1-4-23-13(20)9-6-8-15-12(11(9)17(21)22)16-14(2,3)7-5-10(18)19/h6,8H,4-5,7H2,1-3H3,(H,15,16)(H,18,19). The topological polar surface area (TPSA) is 132 Å². The highest BCUT2D eigenvalue weighted by molar-refractivity contribution is 5.96. The van der Waals surface area contributed by atoms with E-state index in [4.69, 9.17) is 9.84 Å². The zero-order valence-corrected chi connectivity index (χ0v) is 13.2. The molecule has 0 bridgehead atoms. The Balaban J connectivity index is 3.16. The van der Waals surface area contributed by atoms with Crippen LogP contribution >= 0.6 is 0 Å². The monoisotopic (exact) mass is 325 g/mol. The summed E-state index contributed by atoms with van der Waals surface area (Å²) in [6.07, 6.45) is 1.38. The highest BCUT2D eigenvalue weighted by atomic mass is 16.6. The second-order valence-electron chi connectivity index (χ2n) is 5.44. The minimum Gasteiger partial charge on any atom is -0.481 e. The fraction of sp³-hybridized carbons (Fsp3) is 0.500. The fourth-order valence-corrected chi connectivity index (χ4v) is 1.91. The van der Waals surface area contributed by atoms with Gasteiger partial charge in [-0.15, -0.1) is 0 Å². The molecule has 0 fully saturated rings. The van der Waals surface area contributed by atoms with Gasteiger partial charge in [-0.1, -0.05) is 0 Å². The number of nitrogens with zero attached hydrogens (tertiary/aromatic N) is 2. The van der Waals surface area contributed by atoms with E-state index in [2.05, 4.69) is 10.3 Å². The fourth-order valence-electron chi connectivity index (χ4n) is 1.91. The van der Waals surface area contributed by atoms with Gasteiger partial charge in [-0.2, -0.15) is 0 Å². The van der Waals surface area contributed by atoms with E-state index in [1.807, 2.05) is 0 Å². The van der Waals surface area contributed by atoms with Gasteiger partial charge in [0.2, 0.25) is 5.82 Å². The number of hydrogen-bond acceptors (Lipinski definition) is 7. The van der Waals surface area contributed by atoms with Crippen molar-refractivity contribution in [3.63, 3.8) is 0 Å². The molecule has 0 aliphatic carbocycles. The number of rotatable bonds is 8. The number of nitrogens with one attached hydrogen (secondary N) is 1. The van der Waals surface area contributed by atoms with Crippen LogP contribution < -0.4 is 5.32 Å². The Morgan fingerprint density at radius 1 is 1.48 bits per heavy atom. The van der Waals surface area contributed by atoms with E-state index in [1.165, 1.54) is 12.3 Å². The molecule has 126 valence electrons. The number of hydrogen-bond donors (Lipinski definition) is 2. The zero-order chi connectivity index (χ0) is 17.6. The van der Waals surface area contributed by atoms with Crippen LogP contribution in [0.4, 0.5) is 11.5 Å². The zero-order valence-electron chi connectivity index (χ0n) is 13.2. The largest absolute Gasteiger partial charge is 0.481 e. The average molecular weight is 325 g/mol. The number of carboxylic acid groups (broad SMARTS) is 1. The molecule has 0 atom stereocenters. The van der Waals surface area contributed by atoms with Crippen molar-refractivity contribution in [3.05, 3.63) is 27.9 Å². The van der Waals surface area contributed by atoms with Gasteiger partial charge in [0.05, 0.1) is 11.5 Å². The van der Waals surface area contributed by atoms with Crippen LogP contribution in [-0.2, 0) is 9.53 Å². The van der Waals surface area contributed by atoms with Gasteiger partial charge in [0, 0.05) is 18.2 Å². The Morgan fingerprint density at radius 2 is 2.13 bits per heavy atom. The smallest absolute Gasteiger partial charge is 0.345 e. The molecule has 0 radical (unpaired) electrons. The van der Waals surface area contributed by atoms with Gasteiger partial charge in [-0.25, -0.2) is 9.78 Å². The molecule has 1 rings (SSSR count). The highest BCUT2D eigenvalue weighted by Crippen LogP contribution is 2.30. The van der Waals surface area contributed by atoms with Gasteiger partial charge in [0.15, 0.2) is 0 Å². The van der Waals surface area contributed by atoms with Crippen LogP contribution in [0.25, 0.3) is 0 Å². The van der Waals surface area contributed by atoms with Crippen molar-refractivity contribution in [1.29, 1.82) is 0 Å². The first-order valence-electron chi connectivity index (χ1n) is 6.98. The number of pyridine rings is 1. The Hall–Kier alpha value is -2.71. The molecule has 1 aromatic heterocycles. The lowest BCUT2D eigenvalue weighted by Gasteiger charge is -2.26. The van der Waals surface area contributed by atoms with Gasteiger partial charge >= 0.3 is 17.6 Å². The van der Waals surface area contributed by atoms with Gasteiger partial charge in [0.25, 0.3) is 0 Å². The minimum atomic E-state index is -0.970. The Labute approximate surface area is 132 Å². The van der Waals surface area contributed by atoms with Crippen molar-refractivity contribution in [2.45, 2.75) is 39.2 Å². The number of aromatic nitrogens is 1. The maximum absolute atomic E-state index is 11.8. The summed E-state index contributed by atoms with van der Waals surface area (Å²) in [5, 5.41) is 22.9. The molecule has 2 N–H and O–H groups in total. The van der Waals surface area contributed by atoms with Crippen molar-refractivity contribution in [2.75, 3.05) is 11.9 Å². The van der Waals surface area contributed by atoms with Crippen LogP contribution in [0.1, 0.15) is 44.0 Å². The predicted octanol–water partition coefficient (Wildman–Crippen LogP) is 2.22. The lowest BCUT2D eigenvalue weighted by Crippen LogP contribution is -2.32. The van der Waals surface area contributed by atoms with Gasteiger partial charge in [-0.05, 0) is 33.3 Å². The second kappa shape index (κ2) is 7.52. The molecule has 0 unspecified atom stereocenters. The molecule has 0 aliphatic heterocycles. The van der Waals surface area contributed by atoms with Gasteiger partial charge in [0.1, 0.15) is 5.56 Å². The molecule has 0 saturated heterocycles. The molecular formula is C14H19N3O6. The molecule has 23 heavy (non-hydrogen) atoms. The van der Waals surface area contributed by atoms with Crippen molar-refractivity contribution >= 4 is 23.4 Å². The number of carbonyl (C=O) groups excluding carboxylic acids is 1. The summed E-state index contributed by atoms with van der Waals surface area (Å²) < 4.78 is 4.81. The maximum atomic E-state index is 11.8. The summed E-state index contributed by atoms with van der Waals surface area (Å²) in [6, 6.07) is 1.21. The number of carbonyl (C=O) groups is 2. The molecule has 1 heterocycles. The summed E-state index contributed by atoms with van der Waals surface area (Å²) in [7, 11) is 0. The van der Waals surface area contributed by atoms with E-state index < -0.39 is 28.1 Å². The molecule has 0 spiro atoms. The molecule has 0 aromatic carbocycles. The normalized spacial score (nSPS) is 10.9. The summed E-state index contributed by atoms with van der Waals surface area (Å²) in [5.41, 5.74) is -1.46. The molecule has 0 aliphatic rings. The van der Waals surface area contributed by atoms with Crippen molar-refractivity contribution < 1.29 is 24.4 Å². The van der Waals surface area contributed by atoms with E-state index in [-0.39, 0.29) is 30.8 Å². The molecule has 0 saturated carbocycles. The number of nitro groups is 1. The van der Waals surface area contributed by atoms with Crippen LogP contribution in [-0.4, -0.2) is 39.1 Å². The summed E-state index contributed by atoms with van der Waals surface area (Å²) >= 11 is 0. The van der Waals surface area contributed by atoms with Gasteiger partial charge < -0.3 is 15.2 Å². The SMILES string of the molecule is CCOC(=O)c1ccnc(NC(C)(C)CCC(=O)O)c1[N+](=O)[O-].